The Morgan fingerprint density at radius 1 is 1.08 bits per heavy atom. The van der Waals surface area contributed by atoms with Crippen LogP contribution in [0, 0.1) is 0 Å². The fourth-order valence-corrected chi connectivity index (χ4v) is 2.44. The molecule has 3 rings (SSSR count). The van der Waals surface area contributed by atoms with Gasteiger partial charge >= 0.3 is 0 Å². The van der Waals surface area contributed by atoms with Gasteiger partial charge in [-0.05, 0) is 29.8 Å². The fourth-order valence-electron chi connectivity index (χ4n) is 2.18. The topological polar surface area (TPSA) is 56.1 Å². The molecule has 0 atom stereocenters. The lowest BCUT2D eigenvalue weighted by Crippen LogP contribution is -2.22. The van der Waals surface area contributed by atoms with Crippen molar-refractivity contribution in [1.82, 2.24) is 9.78 Å². The first kappa shape index (κ1) is 16.3. The number of hydrogen-bond acceptors (Lipinski definition) is 3. The monoisotopic (exact) mass is 385 g/mol. The minimum Gasteiger partial charge on any atom is -0.484 e. The zero-order valence-electron chi connectivity index (χ0n) is 12.9. The van der Waals surface area contributed by atoms with E-state index >= 15 is 0 Å². The van der Waals surface area contributed by atoms with Gasteiger partial charge in [0.2, 0.25) is 0 Å². The number of halogens is 1. The van der Waals surface area contributed by atoms with E-state index in [0.29, 0.717) is 18.1 Å². The SMILES string of the molecule is O=C(COc1ccc(Br)cc1)Nc1ccnn1Cc1ccccc1. The highest BCUT2D eigenvalue weighted by atomic mass is 79.9. The zero-order valence-corrected chi connectivity index (χ0v) is 14.4. The fraction of sp³-hybridized carbons (Fsp3) is 0.111. The molecule has 0 fully saturated rings. The smallest absolute Gasteiger partial charge is 0.263 e. The van der Waals surface area contributed by atoms with Crippen molar-refractivity contribution >= 4 is 27.7 Å². The molecular weight excluding hydrogens is 370 g/mol. The molecule has 24 heavy (non-hydrogen) atoms. The molecule has 0 aliphatic carbocycles. The average Bonchev–Trinajstić information content (AvgIpc) is 3.02. The van der Waals surface area contributed by atoms with Gasteiger partial charge in [0.15, 0.2) is 6.61 Å². The predicted molar refractivity (Wildman–Crippen MR) is 96.0 cm³/mol. The molecule has 0 unspecified atom stereocenters. The summed E-state index contributed by atoms with van der Waals surface area (Å²) < 4.78 is 8.17. The van der Waals surface area contributed by atoms with Crippen molar-refractivity contribution in [2.45, 2.75) is 6.54 Å². The van der Waals surface area contributed by atoms with E-state index in [4.69, 9.17) is 4.74 Å². The van der Waals surface area contributed by atoms with Gasteiger partial charge in [0, 0.05) is 10.5 Å². The molecule has 0 saturated carbocycles. The summed E-state index contributed by atoms with van der Waals surface area (Å²) in [6, 6.07) is 19.0. The van der Waals surface area contributed by atoms with Crippen LogP contribution in [0.5, 0.6) is 5.75 Å². The summed E-state index contributed by atoms with van der Waals surface area (Å²) in [6.07, 6.45) is 1.66. The summed E-state index contributed by atoms with van der Waals surface area (Å²) in [5.41, 5.74) is 1.11. The molecular formula is C18H16BrN3O2. The van der Waals surface area contributed by atoms with Gasteiger partial charge in [-0.2, -0.15) is 5.10 Å². The molecule has 5 nitrogen and oxygen atoms in total. The first-order chi connectivity index (χ1) is 11.7. The van der Waals surface area contributed by atoms with Gasteiger partial charge in [0.05, 0.1) is 12.7 Å². The van der Waals surface area contributed by atoms with Crippen molar-refractivity contribution in [2.75, 3.05) is 11.9 Å². The summed E-state index contributed by atoms with van der Waals surface area (Å²) in [6.45, 7) is 0.537. The van der Waals surface area contributed by atoms with E-state index in [0.717, 1.165) is 10.0 Å². The first-order valence-electron chi connectivity index (χ1n) is 7.45. The van der Waals surface area contributed by atoms with Gasteiger partial charge in [0.1, 0.15) is 11.6 Å². The largest absolute Gasteiger partial charge is 0.484 e. The molecule has 0 bridgehead atoms. The minimum atomic E-state index is -0.229. The second-order valence-electron chi connectivity index (χ2n) is 5.15. The Kier molecular flexibility index (Phi) is 5.28. The van der Waals surface area contributed by atoms with Crippen LogP contribution in [0.3, 0.4) is 0 Å². The number of ether oxygens (including phenoxy) is 1. The first-order valence-corrected chi connectivity index (χ1v) is 8.24. The van der Waals surface area contributed by atoms with E-state index in [1.54, 1.807) is 29.1 Å². The van der Waals surface area contributed by atoms with Gasteiger partial charge in [0.25, 0.3) is 5.91 Å². The van der Waals surface area contributed by atoms with Crippen molar-refractivity contribution in [3.05, 3.63) is 76.9 Å². The molecule has 1 aromatic heterocycles. The second kappa shape index (κ2) is 7.79. The van der Waals surface area contributed by atoms with E-state index in [9.17, 15) is 4.79 Å². The second-order valence-corrected chi connectivity index (χ2v) is 6.07. The maximum Gasteiger partial charge on any atom is 0.263 e. The third kappa shape index (κ3) is 4.45. The Hall–Kier alpha value is -2.60. The lowest BCUT2D eigenvalue weighted by molar-refractivity contribution is -0.118. The van der Waals surface area contributed by atoms with E-state index in [1.165, 1.54) is 0 Å². The number of carbonyl (C=O) groups excluding carboxylic acids is 1. The molecule has 2 aromatic carbocycles. The molecule has 122 valence electrons. The average molecular weight is 386 g/mol. The van der Waals surface area contributed by atoms with E-state index < -0.39 is 0 Å². The van der Waals surface area contributed by atoms with Crippen LogP contribution in [0.1, 0.15) is 5.56 Å². The maximum absolute atomic E-state index is 12.1. The molecule has 1 amide bonds. The number of benzene rings is 2. The standard InChI is InChI=1S/C18H16BrN3O2/c19-15-6-8-16(9-7-15)24-13-18(23)21-17-10-11-20-22(17)12-14-4-2-1-3-5-14/h1-11H,12-13H2,(H,21,23). The Balaban J connectivity index is 1.57. The molecule has 1 heterocycles. The van der Waals surface area contributed by atoms with Gasteiger partial charge in [-0.15, -0.1) is 0 Å². The lowest BCUT2D eigenvalue weighted by atomic mass is 10.2. The van der Waals surface area contributed by atoms with Crippen LogP contribution in [0.2, 0.25) is 0 Å². The van der Waals surface area contributed by atoms with Crippen LogP contribution in [0.15, 0.2) is 71.3 Å². The number of amides is 1. The van der Waals surface area contributed by atoms with Crippen LogP contribution >= 0.6 is 15.9 Å². The highest BCUT2D eigenvalue weighted by Crippen LogP contribution is 2.16. The summed E-state index contributed by atoms with van der Waals surface area (Å²) in [5.74, 6) is 1.06. The van der Waals surface area contributed by atoms with Gasteiger partial charge in [-0.1, -0.05) is 46.3 Å². The van der Waals surface area contributed by atoms with Crippen LogP contribution in [0.25, 0.3) is 0 Å². The summed E-state index contributed by atoms with van der Waals surface area (Å²) >= 11 is 3.36. The maximum atomic E-state index is 12.1. The quantitative estimate of drug-likeness (QED) is 0.703. The van der Waals surface area contributed by atoms with Gasteiger partial charge < -0.3 is 10.1 Å². The Morgan fingerprint density at radius 2 is 1.83 bits per heavy atom. The normalized spacial score (nSPS) is 10.4. The van der Waals surface area contributed by atoms with Crippen LogP contribution in [-0.2, 0) is 11.3 Å². The zero-order chi connectivity index (χ0) is 16.8. The van der Waals surface area contributed by atoms with Crippen molar-refractivity contribution in [2.24, 2.45) is 0 Å². The molecule has 1 N–H and O–H groups in total. The van der Waals surface area contributed by atoms with Crippen molar-refractivity contribution in [1.29, 1.82) is 0 Å². The Bertz CT molecular complexity index is 801. The van der Waals surface area contributed by atoms with Crippen LogP contribution in [0.4, 0.5) is 5.82 Å². The lowest BCUT2D eigenvalue weighted by Gasteiger charge is -2.10. The molecule has 0 saturated heterocycles. The van der Waals surface area contributed by atoms with Crippen molar-refractivity contribution in [3.63, 3.8) is 0 Å². The number of nitrogens with zero attached hydrogens (tertiary/aromatic N) is 2. The predicted octanol–water partition coefficient (Wildman–Crippen LogP) is 3.71. The number of rotatable bonds is 6. The number of carbonyl (C=O) groups is 1. The number of aromatic nitrogens is 2. The molecule has 0 aliphatic heterocycles. The molecule has 0 radical (unpaired) electrons. The van der Waals surface area contributed by atoms with Crippen molar-refractivity contribution in [3.8, 4) is 5.75 Å². The van der Waals surface area contributed by atoms with E-state index in [-0.39, 0.29) is 12.5 Å². The van der Waals surface area contributed by atoms with Crippen LogP contribution in [-0.4, -0.2) is 22.3 Å². The number of nitrogens with one attached hydrogen (secondary N) is 1. The number of hydrogen-bond donors (Lipinski definition) is 1. The summed E-state index contributed by atoms with van der Waals surface area (Å²) in [5, 5.41) is 7.07. The molecule has 6 heteroatoms. The third-order valence-electron chi connectivity index (χ3n) is 3.34. The summed E-state index contributed by atoms with van der Waals surface area (Å²) in [7, 11) is 0. The van der Waals surface area contributed by atoms with E-state index in [1.807, 2.05) is 42.5 Å². The Morgan fingerprint density at radius 3 is 2.58 bits per heavy atom. The highest BCUT2D eigenvalue weighted by molar-refractivity contribution is 9.10. The van der Waals surface area contributed by atoms with Gasteiger partial charge in [-0.25, -0.2) is 4.68 Å². The summed E-state index contributed by atoms with van der Waals surface area (Å²) in [4.78, 5) is 12.1. The van der Waals surface area contributed by atoms with Crippen molar-refractivity contribution < 1.29 is 9.53 Å². The number of anilines is 1. The third-order valence-corrected chi connectivity index (χ3v) is 3.87. The molecule has 0 aliphatic rings. The molecule has 3 aromatic rings. The Labute approximate surface area is 148 Å². The van der Waals surface area contributed by atoms with E-state index in [2.05, 4.69) is 26.3 Å². The highest BCUT2D eigenvalue weighted by Gasteiger charge is 2.08. The van der Waals surface area contributed by atoms with Crippen LogP contribution < -0.4 is 10.1 Å². The van der Waals surface area contributed by atoms with Gasteiger partial charge in [-0.3, -0.25) is 4.79 Å². The minimum absolute atomic E-state index is 0.0574. The molecule has 0 spiro atoms.